The smallest absolute Gasteiger partial charge is 0.480 e. The van der Waals surface area contributed by atoms with E-state index in [1.54, 1.807) is 0 Å². The number of fused-ring (bicyclic) bond motifs is 3. The highest BCUT2D eigenvalue weighted by atomic mass is 19.4. The Morgan fingerprint density at radius 1 is 0.912 bits per heavy atom. The van der Waals surface area contributed by atoms with Gasteiger partial charge in [-0.1, -0.05) is 66.7 Å². The molecular formula is C25H20F3NO5. The van der Waals surface area contributed by atoms with Crippen LogP contribution in [0.25, 0.3) is 11.1 Å². The van der Waals surface area contributed by atoms with Crippen molar-refractivity contribution in [2.75, 3.05) is 6.61 Å². The van der Waals surface area contributed by atoms with Crippen molar-refractivity contribution in [2.24, 2.45) is 0 Å². The van der Waals surface area contributed by atoms with E-state index >= 15 is 0 Å². The van der Waals surface area contributed by atoms with E-state index in [2.05, 4.69) is 10.1 Å². The molecule has 1 amide bonds. The van der Waals surface area contributed by atoms with Crippen LogP contribution in [0.5, 0.6) is 5.75 Å². The number of hydrogen-bond donors (Lipinski definition) is 2. The van der Waals surface area contributed by atoms with E-state index in [0.29, 0.717) is 0 Å². The molecule has 2 N–H and O–H groups in total. The van der Waals surface area contributed by atoms with Crippen LogP contribution in [-0.2, 0) is 16.0 Å². The van der Waals surface area contributed by atoms with Gasteiger partial charge in [-0.05, 0) is 33.9 Å². The van der Waals surface area contributed by atoms with E-state index in [1.807, 2.05) is 48.5 Å². The number of alkyl carbamates (subject to hydrolysis) is 1. The van der Waals surface area contributed by atoms with Crippen molar-refractivity contribution in [2.45, 2.75) is 24.7 Å². The van der Waals surface area contributed by atoms with E-state index in [-0.39, 0.29) is 18.1 Å². The molecular weight excluding hydrogens is 451 g/mol. The molecule has 1 atom stereocenters. The lowest BCUT2D eigenvalue weighted by Crippen LogP contribution is -2.43. The summed E-state index contributed by atoms with van der Waals surface area (Å²) in [5, 5.41) is 11.7. The van der Waals surface area contributed by atoms with Gasteiger partial charge in [0, 0.05) is 12.3 Å². The molecule has 0 fully saturated rings. The summed E-state index contributed by atoms with van der Waals surface area (Å²) in [6, 6.07) is 19.1. The Morgan fingerprint density at radius 3 is 2.06 bits per heavy atom. The number of carbonyl (C=O) groups excluding carboxylic acids is 1. The average molecular weight is 471 g/mol. The van der Waals surface area contributed by atoms with E-state index in [4.69, 9.17) is 4.74 Å². The zero-order valence-electron chi connectivity index (χ0n) is 17.7. The second-order valence-electron chi connectivity index (χ2n) is 7.72. The Kier molecular flexibility index (Phi) is 6.45. The van der Waals surface area contributed by atoms with Gasteiger partial charge in [-0.25, -0.2) is 9.59 Å². The van der Waals surface area contributed by atoms with Gasteiger partial charge in [0.1, 0.15) is 18.4 Å². The molecule has 4 rings (SSSR count). The fourth-order valence-corrected chi connectivity index (χ4v) is 4.10. The van der Waals surface area contributed by atoms with Gasteiger partial charge in [-0.3, -0.25) is 0 Å². The molecule has 0 saturated heterocycles. The summed E-state index contributed by atoms with van der Waals surface area (Å²) in [6.07, 6.45) is -6.34. The number of benzene rings is 3. The summed E-state index contributed by atoms with van der Waals surface area (Å²) in [4.78, 5) is 24.1. The standard InChI is InChI=1S/C25H20F3NO5/c26-25(27,28)34-22-12-6-1-7-15(22)13-21(23(30)31)29-24(32)33-14-20-18-10-4-2-8-16(18)17-9-3-5-11-19(17)20/h1-12,20-21H,13-14H2,(H,29,32)(H,30,31)/t21-/m0/s1. The Hall–Kier alpha value is -4.01. The molecule has 0 heterocycles. The van der Waals surface area contributed by atoms with Crippen LogP contribution in [0.1, 0.15) is 22.6 Å². The van der Waals surface area contributed by atoms with Crippen LogP contribution in [0.15, 0.2) is 72.8 Å². The van der Waals surface area contributed by atoms with Crippen molar-refractivity contribution >= 4 is 12.1 Å². The zero-order chi connectivity index (χ0) is 24.3. The molecule has 9 heteroatoms. The zero-order valence-corrected chi connectivity index (χ0v) is 17.7. The number of carboxylic acids is 1. The fourth-order valence-electron chi connectivity index (χ4n) is 4.10. The molecule has 0 spiro atoms. The molecule has 0 radical (unpaired) electrons. The summed E-state index contributed by atoms with van der Waals surface area (Å²) in [6.45, 7) is -0.0278. The van der Waals surface area contributed by atoms with Crippen molar-refractivity contribution in [3.63, 3.8) is 0 Å². The van der Waals surface area contributed by atoms with Gasteiger partial charge in [-0.15, -0.1) is 13.2 Å². The van der Waals surface area contributed by atoms with Gasteiger partial charge in [0.15, 0.2) is 0 Å². The highest BCUT2D eigenvalue weighted by Crippen LogP contribution is 2.44. The predicted octanol–water partition coefficient (Wildman–Crippen LogP) is 5.12. The van der Waals surface area contributed by atoms with E-state index in [9.17, 15) is 27.9 Å². The Labute approximate surface area is 192 Å². The first kappa shape index (κ1) is 23.2. The van der Waals surface area contributed by atoms with Gasteiger partial charge in [0.2, 0.25) is 0 Å². The minimum absolute atomic E-state index is 0.0221. The molecule has 1 aliphatic rings. The van der Waals surface area contributed by atoms with Crippen LogP contribution >= 0.6 is 0 Å². The van der Waals surface area contributed by atoms with Crippen molar-refractivity contribution in [3.8, 4) is 16.9 Å². The third-order valence-electron chi connectivity index (χ3n) is 5.56. The fraction of sp³-hybridized carbons (Fsp3) is 0.200. The van der Waals surface area contributed by atoms with Gasteiger partial charge in [-0.2, -0.15) is 0 Å². The maximum absolute atomic E-state index is 12.7. The monoisotopic (exact) mass is 471 g/mol. The molecule has 0 aromatic heterocycles. The lowest BCUT2D eigenvalue weighted by molar-refractivity contribution is -0.274. The number of para-hydroxylation sites is 1. The number of hydrogen-bond acceptors (Lipinski definition) is 4. The van der Waals surface area contributed by atoms with E-state index < -0.39 is 36.6 Å². The van der Waals surface area contributed by atoms with Crippen LogP contribution in [-0.4, -0.2) is 36.2 Å². The highest BCUT2D eigenvalue weighted by molar-refractivity contribution is 5.81. The number of alkyl halides is 3. The second kappa shape index (κ2) is 9.46. The normalized spacial score (nSPS) is 13.5. The van der Waals surface area contributed by atoms with Crippen LogP contribution < -0.4 is 10.1 Å². The molecule has 6 nitrogen and oxygen atoms in total. The van der Waals surface area contributed by atoms with Gasteiger partial charge in [0.25, 0.3) is 0 Å². The van der Waals surface area contributed by atoms with Crippen LogP contribution in [0.2, 0.25) is 0 Å². The number of carboxylic acid groups (broad SMARTS) is 1. The van der Waals surface area contributed by atoms with Crippen molar-refractivity contribution < 1.29 is 37.3 Å². The minimum atomic E-state index is -4.94. The maximum Gasteiger partial charge on any atom is 0.573 e. The summed E-state index contributed by atoms with van der Waals surface area (Å²) < 4.78 is 47.3. The second-order valence-corrected chi connectivity index (χ2v) is 7.72. The van der Waals surface area contributed by atoms with Gasteiger partial charge in [0.05, 0.1) is 0 Å². The number of carbonyl (C=O) groups is 2. The number of rotatable bonds is 7. The number of nitrogens with one attached hydrogen (secondary N) is 1. The van der Waals surface area contributed by atoms with E-state index in [1.165, 1.54) is 18.2 Å². The molecule has 34 heavy (non-hydrogen) atoms. The number of ether oxygens (including phenoxy) is 2. The molecule has 3 aromatic rings. The lowest BCUT2D eigenvalue weighted by atomic mass is 9.98. The minimum Gasteiger partial charge on any atom is -0.480 e. The first-order valence-electron chi connectivity index (χ1n) is 10.4. The SMILES string of the molecule is O=C(N[C@@H](Cc1ccccc1OC(F)(F)F)C(=O)O)OCC1c2ccccc2-c2ccccc21. The largest absolute Gasteiger partial charge is 0.573 e. The Bertz CT molecular complexity index is 1170. The molecule has 0 bridgehead atoms. The van der Waals surface area contributed by atoms with Crippen molar-refractivity contribution in [3.05, 3.63) is 89.5 Å². The molecule has 1 aliphatic carbocycles. The van der Waals surface area contributed by atoms with Crippen LogP contribution in [0, 0.1) is 0 Å². The average Bonchev–Trinajstić information content (AvgIpc) is 3.11. The number of halogens is 3. The third kappa shape index (κ3) is 5.14. The molecule has 0 aliphatic heterocycles. The quantitative estimate of drug-likeness (QED) is 0.500. The maximum atomic E-state index is 12.7. The first-order chi connectivity index (χ1) is 16.2. The highest BCUT2D eigenvalue weighted by Gasteiger charge is 2.33. The summed E-state index contributed by atoms with van der Waals surface area (Å²) >= 11 is 0. The summed E-state index contributed by atoms with van der Waals surface area (Å²) in [5.41, 5.74) is 4.04. The van der Waals surface area contributed by atoms with Crippen LogP contribution in [0.4, 0.5) is 18.0 Å². The van der Waals surface area contributed by atoms with Crippen LogP contribution in [0.3, 0.4) is 0 Å². The molecule has 176 valence electrons. The Balaban J connectivity index is 1.44. The predicted molar refractivity (Wildman–Crippen MR) is 116 cm³/mol. The summed E-state index contributed by atoms with van der Waals surface area (Å²) in [7, 11) is 0. The topological polar surface area (TPSA) is 84.9 Å². The molecule has 3 aromatic carbocycles. The molecule has 0 unspecified atom stereocenters. The van der Waals surface area contributed by atoms with E-state index in [0.717, 1.165) is 28.3 Å². The Morgan fingerprint density at radius 2 is 1.47 bits per heavy atom. The van der Waals surface area contributed by atoms with Crippen molar-refractivity contribution in [1.82, 2.24) is 5.32 Å². The summed E-state index contributed by atoms with van der Waals surface area (Å²) in [5.74, 6) is -2.17. The number of aliphatic carboxylic acids is 1. The molecule has 0 saturated carbocycles. The van der Waals surface area contributed by atoms with Gasteiger partial charge >= 0.3 is 18.4 Å². The third-order valence-corrected chi connectivity index (χ3v) is 5.56. The first-order valence-corrected chi connectivity index (χ1v) is 10.4. The van der Waals surface area contributed by atoms with Crippen molar-refractivity contribution in [1.29, 1.82) is 0 Å². The lowest BCUT2D eigenvalue weighted by Gasteiger charge is -2.19. The number of amides is 1. The van der Waals surface area contributed by atoms with Gasteiger partial charge < -0.3 is 19.9 Å².